The van der Waals surface area contributed by atoms with Gasteiger partial charge in [-0.3, -0.25) is 13.6 Å². The third-order valence-corrected chi connectivity index (χ3v) is 3.69. The minimum atomic E-state index is -3.57. The molecule has 0 amide bonds. The molecule has 0 saturated heterocycles. The van der Waals surface area contributed by atoms with Crippen molar-refractivity contribution in [1.29, 1.82) is 0 Å². The monoisotopic (exact) mass is 294 g/mol. The van der Waals surface area contributed by atoms with Gasteiger partial charge in [0.15, 0.2) is 0 Å². The van der Waals surface area contributed by atoms with Crippen LogP contribution in [0, 0.1) is 0 Å². The van der Waals surface area contributed by atoms with E-state index in [1.807, 2.05) is 0 Å². The number of hydrogen-bond donors (Lipinski definition) is 0. The standard InChI is InChI=1S/C12H23O6P/c1-6-15-12(13)10(4)9-11(5)18-19(14,16-7-2)17-8-3/h9,11H,6-8H2,1-5H3/b10-9+. The number of esters is 1. The second kappa shape index (κ2) is 9.26. The summed E-state index contributed by atoms with van der Waals surface area (Å²) in [6, 6.07) is 0. The number of phosphoric ester groups is 1. The minimum absolute atomic E-state index is 0.213. The molecule has 0 saturated carbocycles. The number of carbonyl (C=O) groups is 1. The lowest BCUT2D eigenvalue weighted by Crippen LogP contribution is -2.11. The van der Waals surface area contributed by atoms with Crippen LogP contribution in [0.25, 0.3) is 0 Å². The summed E-state index contributed by atoms with van der Waals surface area (Å²) in [6.07, 6.45) is 0.927. The molecule has 6 nitrogen and oxygen atoms in total. The molecule has 0 aromatic carbocycles. The third kappa shape index (κ3) is 7.47. The van der Waals surface area contributed by atoms with Crippen LogP contribution in [0.5, 0.6) is 0 Å². The average Bonchev–Trinajstić information content (AvgIpc) is 2.28. The van der Waals surface area contributed by atoms with Crippen LogP contribution >= 0.6 is 7.82 Å². The fraction of sp³-hybridized carbons (Fsp3) is 0.750. The molecule has 0 aliphatic heterocycles. The van der Waals surface area contributed by atoms with E-state index in [0.717, 1.165) is 0 Å². The van der Waals surface area contributed by atoms with Crippen molar-refractivity contribution in [2.75, 3.05) is 19.8 Å². The lowest BCUT2D eigenvalue weighted by Gasteiger charge is -2.19. The molecule has 0 aliphatic carbocycles. The minimum Gasteiger partial charge on any atom is -0.463 e. The van der Waals surface area contributed by atoms with Gasteiger partial charge in [-0.25, -0.2) is 9.36 Å². The van der Waals surface area contributed by atoms with Crippen molar-refractivity contribution in [3.63, 3.8) is 0 Å². The average molecular weight is 294 g/mol. The van der Waals surface area contributed by atoms with Gasteiger partial charge in [-0.2, -0.15) is 0 Å². The third-order valence-electron chi connectivity index (χ3n) is 1.95. The van der Waals surface area contributed by atoms with Gasteiger partial charge in [-0.1, -0.05) is 0 Å². The first kappa shape index (κ1) is 18.3. The maximum atomic E-state index is 12.1. The number of phosphoric acid groups is 1. The zero-order valence-corrected chi connectivity index (χ0v) is 13.1. The van der Waals surface area contributed by atoms with Gasteiger partial charge in [0.25, 0.3) is 0 Å². The molecule has 112 valence electrons. The van der Waals surface area contributed by atoms with Crippen molar-refractivity contribution in [1.82, 2.24) is 0 Å². The summed E-state index contributed by atoms with van der Waals surface area (Å²) in [5, 5.41) is 0. The summed E-state index contributed by atoms with van der Waals surface area (Å²) in [6.45, 7) is 9.09. The van der Waals surface area contributed by atoms with Crippen LogP contribution in [-0.2, 0) is 27.7 Å². The maximum absolute atomic E-state index is 12.1. The quantitative estimate of drug-likeness (QED) is 0.370. The molecule has 1 unspecified atom stereocenters. The second-order valence-electron chi connectivity index (χ2n) is 3.66. The van der Waals surface area contributed by atoms with E-state index in [-0.39, 0.29) is 13.2 Å². The van der Waals surface area contributed by atoms with Crippen LogP contribution in [0.1, 0.15) is 34.6 Å². The number of ether oxygens (including phenoxy) is 1. The normalized spacial score (nSPS) is 14.3. The van der Waals surface area contributed by atoms with Crippen LogP contribution < -0.4 is 0 Å². The van der Waals surface area contributed by atoms with Gasteiger partial charge in [0, 0.05) is 5.57 Å². The highest BCUT2D eigenvalue weighted by Crippen LogP contribution is 2.50. The van der Waals surface area contributed by atoms with E-state index in [0.29, 0.717) is 12.2 Å². The Morgan fingerprint density at radius 3 is 2.11 bits per heavy atom. The highest BCUT2D eigenvalue weighted by molar-refractivity contribution is 7.48. The maximum Gasteiger partial charge on any atom is 0.475 e. The SMILES string of the molecule is CCOC(=O)/C(C)=C/C(C)OP(=O)(OCC)OCC. The largest absolute Gasteiger partial charge is 0.475 e. The highest BCUT2D eigenvalue weighted by atomic mass is 31.2. The van der Waals surface area contributed by atoms with E-state index in [2.05, 4.69) is 0 Å². The van der Waals surface area contributed by atoms with Crippen molar-refractivity contribution >= 4 is 13.8 Å². The Balaban J connectivity index is 4.64. The molecule has 0 fully saturated rings. The van der Waals surface area contributed by atoms with Gasteiger partial charge in [0.1, 0.15) is 0 Å². The molecule has 0 aromatic rings. The first-order chi connectivity index (χ1) is 8.88. The second-order valence-corrected chi connectivity index (χ2v) is 5.29. The lowest BCUT2D eigenvalue weighted by atomic mass is 10.2. The predicted octanol–water partition coefficient (Wildman–Crippen LogP) is 3.08. The summed E-state index contributed by atoms with van der Waals surface area (Å²) >= 11 is 0. The molecular formula is C12H23O6P. The molecule has 0 aliphatic rings. The Kier molecular flexibility index (Phi) is 8.93. The lowest BCUT2D eigenvalue weighted by molar-refractivity contribution is -0.138. The topological polar surface area (TPSA) is 71.1 Å². The summed E-state index contributed by atoms with van der Waals surface area (Å²) in [7, 11) is -3.57. The molecule has 1 atom stereocenters. The molecule has 7 heteroatoms. The smallest absolute Gasteiger partial charge is 0.463 e. The van der Waals surface area contributed by atoms with E-state index in [9.17, 15) is 9.36 Å². The van der Waals surface area contributed by atoms with Gasteiger partial charge in [-0.15, -0.1) is 0 Å². The fourth-order valence-corrected chi connectivity index (χ4v) is 2.61. The molecule has 0 spiro atoms. The van der Waals surface area contributed by atoms with Crippen molar-refractivity contribution in [3.8, 4) is 0 Å². The van der Waals surface area contributed by atoms with E-state index >= 15 is 0 Å². The Labute approximate surface area is 114 Å². The number of carbonyl (C=O) groups excluding carboxylic acids is 1. The van der Waals surface area contributed by atoms with Crippen LogP contribution in [0.15, 0.2) is 11.6 Å². The van der Waals surface area contributed by atoms with E-state index < -0.39 is 19.9 Å². The highest BCUT2D eigenvalue weighted by Gasteiger charge is 2.27. The summed E-state index contributed by atoms with van der Waals surface area (Å²) in [5.41, 5.74) is 0.383. The molecule has 0 rings (SSSR count). The first-order valence-electron chi connectivity index (χ1n) is 6.31. The van der Waals surface area contributed by atoms with Crippen molar-refractivity contribution in [2.24, 2.45) is 0 Å². The van der Waals surface area contributed by atoms with Gasteiger partial charge in [0.05, 0.1) is 25.9 Å². The zero-order chi connectivity index (χ0) is 14.9. The van der Waals surface area contributed by atoms with Gasteiger partial charge < -0.3 is 4.74 Å². The molecule has 0 N–H and O–H groups in total. The van der Waals surface area contributed by atoms with E-state index in [1.54, 1.807) is 34.6 Å². The van der Waals surface area contributed by atoms with E-state index in [1.165, 1.54) is 6.08 Å². The summed E-state index contributed by atoms with van der Waals surface area (Å²) < 4.78 is 32.2. The molecule has 0 bridgehead atoms. The number of rotatable bonds is 9. The Bertz CT molecular complexity index is 342. The Morgan fingerprint density at radius 1 is 1.16 bits per heavy atom. The fourth-order valence-electron chi connectivity index (χ4n) is 1.31. The van der Waals surface area contributed by atoms with Crippen molar-refractivity contribution in [2.45, 2.75) is 40.7 Å². The van der Waals surface area contributed by atoms with Crippen molar-refractivity contribution in [3.05, 3.63) is 11.6 Å². The van der Waals surface area contributed by atoms with Gasteiger partial charge in [0.2, 0.25) is 0 Å². The molecule has 0 aromatic heterocycles. The number of hydrogen-bond acceptors (Lipinski definition) is 6. The van der Waals surface area contributed by atoms with Crippen LogP contribution in [0.4, 0.5) is 0 Å². The van der Waals surface area contributed by atoms with Crippen molar-refractivity contribution < 1.29 is 27.7 Å². The summed E-state index contributed by atoms with van der Waals surface area (Å²) in [5.74, 6) is -0.430. The van der Waals surface area contributed by atoms with Crippen LogP contribution in [-0.4, -0.2) is 31.9 Å². The molecular weight excluding hydrogens is 271 g/mol. The van der Waals surface area contributed by atoms with Gasteiger partial charge >= 0.3 is 13.8 Å². The van der Waals surface area contributed by atoms with E-state index in [4.69, 9.17) is 18.3 Å². The first-order valence-corrected chi connectivity index (χ1v) is 7.77. The predicted molar refractivity (Wildman–Crippen MR) is 71.8 cm³/mol. The van der Waals surface area contributed by atoms with Crippen LogP contribution in [0.3, 0.4) is 0 Å². The molecule has 0 heterocycles. The zero-order valence-electron chi connectivity index (χ0n) is 12.2. The summed E-state index contributed by atoms with van der Waals surface area (Å²) in [4.78, 5) is 11.4. The Morgan fingerprint density at radius 2 is 1.68 bits per heavy atom. The molecule has 0 radical (unpaired) electrons. The molecule has 19 heavy (non-hydrogen) atoms. The van der Waals surface area contributed by atoms with Gasteiger partial charge in [-0.05, 0) is 40.7 Å². The Hall–Kier alpha value is -0.680. The van der Waals surface area contributed by atoms with Crippen LogP contribution in [0.2, 0.25) is 0 Å².